The van der Waals surface area contributed by atoms with Gasteiger partial charge in [0, 0.05) is 18.5 Å². The number of rotatable bonds is 5. The van der Waals surface area contributed by atoms with Crippen molar-refractivity contribution in [2.24, 2.45) is 5.92 Å². The second kappa shape index (κ2) is 7.88. The highest BCUT2D eigenvalue weighted by Gasteiger charge is 2.33. The number of fused-ring (bicyclic) bond motifs is 1. The zero-order chi connectivity index (χ0) is 17.8. The summed E-state index contributed by atoms with van der Waals surface area (Å²) in [6, 6.07) is 31.2. The molecule has 4 rings (SSSR count). The van der Waals surface area contributed by atoms with Crippen LogP contribution in [0.4, 0.5) is 0 Å². The Labute approximate surface area is 157 Å². The van der Waals surface area contributed by atoms with Gasteiger partial charge in [-0.05, 0) is 47.9 Å². The van der Waals surface area contributed by atoms with Gasteiger partial charge in [0.15, 0.2) is 0 Å². The van der Waals surface area contributed by atoms with Crippen LogP contribution < -0.4 is 5.32 Å². The van der Waals surface area contributed by atoms with Gasteiger partial charge >= 0.3 is 0 Å². The van der Waals surface area contributed by atoms with Gasteiger partial charge in [-0.25, -0.2) is 0 Å². The van der Waals surface area contributed by atoms with Crippen LogP contribution in [0.1, 0.15) is 41.5 Å². The average molecular weight is 341 g/mol. The van der Waals surface area contributed by atoms with Gasteiger partial charge in [-0.2, -0.15) is 0 Å². The maximum absolute atomic E-state index is 3.80. The maximum atomic E-state index is 3.80. The van der Waals surface area contributed by atoms with Crippen molar-refractivity contribution in [2.75, 3.05) is 0 Å². The predicted octanol–water partition coefficient (Wildman–Crippen LogP) is 5.56. The molecule has 1 N–H and O–H groups in total. The van der Waals surface area contributed by atoms with Crippen molar-refractivity contribution in [3.8, 4) is 0 Å². The molecule has 1 aliphatic rings. The summed E-state index contributed by atoms with van der Waals surface area (Å²) < 4.78 is 0. The summed E-state index contributed by atoms with van der Waals surface area (Å²) >= 11 is 0. The molecule has 26 heavy (non-hydrogen) atoms. The largest absolute Gasteiger partial charge is 0.310 e. The second-order valence-electron chi connectivity index (χ2n) is 7.44. The molecule has 0 saturated carbocycles. The highest BCUT2D eigenvalue weighted by Crippen LogP contribution is 2.42. The lowest BCUT2D eigenvalue weighted by Crippen LogP contribution is -2.39. The monoisotopic (exact) mass is 341 g/mol. The molecule has 0 spiro atoms. The van der Waals surface area contributed by atoms with E-state index in [1.54, 1.807) is 0 Å². The van der Waals surface area contributed by atoms with Crippen molar-refractivity contribution in [3.63, 3.8) is 0 Å². The zero-order valence-electron chi connectivity index (χ0n) is 15.4. The van der Waals surface area contributed by atoms with Crippen molar-refractivity contribution in [3.05, 3.63) is 107 Å². The molecular weight excluding hydrogens is 314 g/mol. The zero-order valence-corrected chi connectivity index (χ0v) is 15.4. The van der Waals surface area contributed by atoms with Crippen molar-refractivity contribution in [2.45, 2.75) is 38.3 Å². The quantitative estimate of drug-likeness (QED) is 0.641. The van der Waals surface area contributed by atoms with Crippen LogP contribution in [0.3, 0.4) is 0 Å². The van der Waals surface area contributed by atoms with E-state index in [2.05, 4.69) is 97.2 Å². The molecule has 0 aliphatic heterocycles. The molecule has 132 valence electrons. The minimum atomic E-state index is 0.466. The van der Waals surface area contributed by atoms with Gasteiger partial charge in [0.2, 0.25) is 0 Å². The summed E-state index contributed by atoms with van der Waals surface area (Å²) in [4.78, 5) is 0. The van der Waals surface area contributed by atoms with Gasteiger partial charge in [-0.3, -0.25) is 0 Å². The molecule has 0 aromatic heterocycles. The fourth-order valence-corrected chi connectivity index (χ4v) is 4.44. The lowest BCUT2D eigenvalue weighted by Gasteiger charge is -2.38. The first-order chi connectivity index (χ1) is 12.8. The number of nitrogens with one attached hydrogen (secondary N) is 1. The predicted molar refractivity (Wildman–Crippen MR) is 109 cm³/mol. The molecule has 3 aromatic carbocycles. The summed E-state index contributed by atoms with van der Waals surface area (Å²) in [5.41, 5.74) is 5.83. The molecule has 3 unspecified atom stereocenters. The molecule has 0 saturated heterocycles. The molecule has 1 aliphatic carbocycles. The van der Waals surface area contributed by atoms with Crippen LogP contribution in [0.5, 0.6) is 0 Å². The number of hydrogen-bond acceptors (Lipinski definition) is 1. The average Bonchev–Trinajstić information content (AvgIpc) is 2.72. The van der Waals surface area contributed by atoms with E-state index in [1.807, 2.05) is 0 Å². The SMILES string of the molecule is CC(NCc1ccccc1)C1CCc2ccccc2C1c1ccccc1. The van der Waals surface area contributed by atoms with Crippen molar-refractivity contribution < 1.29 is 0 Å². The van der Waals surface area contributed by atoms with E-state index in [0.29, 0.717) is 17.9 Å². The van der Waals surface area contributed by atoms with Gasteiger partial charge < -0.3 is 5.32 Å². The van der Waals surface area contributed by atoms with Crippen molar-refractivity contribution in [1.29, 1.82) is 0 Å². The first-order valence-electron chi connectivity index (χ1n) is 9.73. The van der Waals surface area contributed by atoms with E-state index in [1.165, 1.54) is 35.1 Å². The Kier molecular flexibility index (Phi) is 5.17. The highest BCUT2D eigenvalue weighted by molar-refractivity contribution is 5.41. The lowest BCUT2D eigenvalue weighted by atomic mass is 9.69. The van der Waals surface area contributed by atoms with Gasteiger partial charge in [0.1, 0.15) is 0 Å². The molecule has 1 nitrogen and oxygen atoms in total. The van der Waals surface area contributed by atoms with Gasteiger partial charge in [0.25, 0.3) is 0 Å². The number of hydrogen-bond donors (Lipinski definition) is 1. The third-order valence-corrected chi connectivity index (χ3v) is 5.84. The fraction of sp³-hybridized carbons (Fsp3) is 0.280. The van der Waals surface area contributed by atoms with Crippen LogP contribution in [-0.2, 0) is 13.0 Å². The van der Waals surface area contributed by atoms with E-state index in [0.717, 1.165) is 6.54 Å². The summed E-state index contributed by atoms with van der Waals surface area (Å²) in [7, 11) is 0. The van der Waals surface area contributed by atoms with Gasteiger partial charge in [0.05, 0.1) is 0 Å². The van der Waals surface area contributed by atoms with E-state index in [4.69, 9.17) is 0 Å². The van der Waals surface area contributed by atoms with E-state index < -0.39 is 0 Å². The van der Waals surface area contributed by atoms with Crippen LogP contribution in [0, 0.1) is 5.92 Å². The normalized spacial score (nSPS) is 20.3. The molecule has 0 radical (unpaired) electrons. The Morgan fingerprint density at radius 2 is 1.50 bits per heavy atom. The molecular formula is C25H27N. The molecule has 3 atom stereocenters. The number of aryl methyl sites for hydroxylation is 1. The summed E-state index contributed by atoms with van der Waals surface area (Å²) in [5.74, 6) is 1.08. The Hall–Kier alpha value is -2.38. The third-order valence-electron chi connectivity index (χ3n) is 5.84. The van der Waals surface area contributed by atoms with E-state index >= 15 is 0 Å². The minimum Gasteiger partial charge on any atom is -0.310 e. The molecule has 0 amide bonds. The lowest BCUT2D eigenvalue weighted by molar-refractivity contribution is 0.307. The van der Waals surface area contributed by atoms with E-state index in [9.17, 15) is 0 Å². The highest BCUT2D eigenvalue weighted by atomic mass is 14.9. The topological polar surface area (TPSA) is 12.0 Å². The fourth-order valence-electron chi connectivity index (χ4n) is 4.44. The Morgan fingerprint density at radius 1 is 0.846 bits per heavy atom. The molecule has 3 aromatic rings. The molecule has 0 heterocycles. The van der Waals surface area contributed by atoms with E-state index in [-0.39, 0.29) is 0 Å². The van der Waals surface area contributed by atoms with Gasteiger partial charge in [-0.1, -0.05) is 84.9 Å². The van der Waals surface area contributed by atoms with Crippen molar-refractivity contribution in [1.82, 2.24) is 5.32 Å². The maximum Gasteiger partial charge on any atom is 0.0208 e. The van der Waals surface area contributed by atoms with Crippen molar-refractivity contribution >= 4 is 0 Å². The summed E-state index contributed by atoms with van der Waals surface area (Å²) in [6.07, 6.45) is 2.42. The summed E-state index contributed by atoms with van der Waals surface area (Å²) in [6.45, 7) is 3.29. The minimum absolute atomic E-state index is 0.466. The van der Waals surface area contributed by atoms with Crippen LogP contribution in [0.2, 0.25) is 0 Å². The Morgan fingerprint density at radius 3 is 2.27 bits per heavy atom. The molecule has 0 bridgehead atoms. The number of benzene rings is 3. The molecule has 0 fully saturated rings. The first kappa shape index (κ1) is 17.1. The Bertz CT molecular complexity index is 825. The Balaban J connectivity index is 1.60. The second-order valence-corrected chi connectivity index (χ2v) is 7.44. The van der Waals surface area contributed by atoms with Crippen LogP contribution in [-0.4, -0.2) is 6.04 Å². The third kappa shape index (κ3) is 3.59. The standard InChI is InChI=1S/C25H27N/c1-19(26-18-20-10-4-2-5-11-20)23-17-16-21-12-8-9-15-24(21)25(23)22-13-6-3-7-14-22/h2-15,19,23,25-26H,16-18H2,1H3. The van der Waals surface area contributed by atoms with Crippen LogP contribution in [0.15, 0.2) is 84.9 Å². The first-order valence-corrected chi connectivity index (χ1v) is 9.73. The molecule has 1 heteroatoms. The smallest absolute Gasteiger partial charge is 0.0208 e. The van der Waals surface area contributed by atoms with Crippen LogP contribution in [0.25, 0.3) is 0 Å². The van der Waals surface area contributed by atoms with Gasteiger partial charge in [-0.15, -0.1) is 0 Å². The summed E-state index contributed by atoms with van der Waals surface area (Å²) in [5, 5.41) is 3.80. The van der Waals surface area contributed by atoms with Crippen LogP contribution >= 0.6 is 0 Å².